The summed E-state index contributed by atoms with van der Waals surface area (Å²) in [6, 6.07) is 8.11. The molecule has 1 aromatic carbocycles. The Labute approximate surface area is 129 Å². The van der Waals surface area contributed by atoms with Gasteiger partial charge in [-0.25, -0.2) is 4.98 Å². The number of thiazole rings is 1. The van der Waals surface area contributed by atoms with Crippen LogP contribution in [0.4, 0.5) is 5.13 Å². The zero-order valence-electron chi connectivity index (χ0n) is 12.5. The van der Waals surface area contributed by atoms with Crippen molar-refractivity contribution in [2.24, 2.45) is 5.73 Å². The molecular formula is C16H21N3OS. The van der Waals surface area contributed by atoms with Gasteiger partial charge in [-0.3, -0.25) is 0 Å². The Hall–Kier alpha value is -1.59. The lowest BCUT2D eigenvalue weighted by atomic mass is 9.78. The van der Waals surface area contributed by atoms with Gasteiger partial charge in [-0.1, -0.05) is 12.1 Å². The van der Waals surface area contributed by atoms with Gasteiger partial charge in [-0.2, -0.15) is 0 Å². The van der Waals surface area contributed by atoms with E-state index >= 15 is 0 Å². The number of nitrogens with one attached hydrogen (secondary N) is 1. The van der Waals surface area contributed by atoms with Crippen molar-refractivity contribution in [2.45, 2.75) is 31.7 Å². The first-order valence-corrected chi connectivity index (χ1v) is 8.12. The van der Waals surface area contributed by atoms with Gasteiger partial charge in [0.1, 0.15) is 5.75 Å². The van der Waals surface area contributed by atoms with Gasteiger partial charge in [-0.15, -0.1) is 11.3 Å². The van der Waals surface area contributed by atoms with E-state index in [-0.39, 0.29) is 5.54 Å². The molecule has 112 valence electrons. The zero-order valence-corrected chi connectivity index (χ0v) is 13.3. The molecule has 0 radical (unpaired) electrons. The van der Waals surface area contributed by atoms with Gasteiger partial charge in [0.05, 0.1) is 12.8 Å². The van der Waals surface area contributed by atoms with Crippen molar-refractivity contribution in [1.29, 1.82) is 0 Å². The summed E-state index contributed by atoms with van der Waals surface area (Å²) in [5.41, 5.74) is 8.74. The normalized spacial score (nSPS) is 20.9. The molecule has 0 fully saturated rings. The third-order valence-electron chi connectivity index (χ3n) is 4.03. The molecule has 0 amide bonds. The van der Waals surface area contributed by atoms with Crippen molar-refractivity contribution < 1.29 is 4.74 Å². The Bertz CT molecular complexity index is 640. The van der Waals surface area contributed by atoms with Crippen molar-refractivity contribution in [1.82, 2.24) is 4.98 Å². The summed E-state index contributed by atoms with van der Waals surface area (Å²) in [7, 11) is 1.69. The van der Waals surface area contributed by atoms with E-state index in [1.807, 2.05) is 12.1 Å². The highest BCUT2D eigenvalue weighted by Crippen LogP contribution is 2.39. The number of anilines is 1. The zero-order chi connectivity index (χ0) is 14.9. The van der Waals surface area contributed by atoms with Gasteiger partial charge in [0.15, 0.2) is 5.13 Å². The van der Waals surface area contributed by atoms with Gasteiger partial charge in [0, 0.05) is 23.4 Å². The maximum absolute atomic E-state index is 6.70. The fourth-order valence-electron chi connectivity index (χ4n) is 2.84. The van der Waals surface area contributed by atoms with Crippen LogP contribution in [0.5, 0.6) is 5.75 Å². The lowest BCUT2D eigenvalue weighted by Gasteiger charge is -2.33. The first-order valence-electron chi connectivity index (χ1n) is 7.30. The molecule has 1 unspecified atom stereocenters. The molecule has 0 spiro atoms. The lowest BCUT2D eigenvalue weighted by Crippen LogP contribution is -2.41. The molecule has 4 nitrogen and oxygen atoms in total. The second kappa shape index (κ2) is 5.66. The maximum atomic E-state index is 6.70. The highest BCUT2D eigenvalue weighted by molar-refractivity contribution is 7.15. The van der Waals surface area contributed by atoms with Gasteiger partial charge in [-0.05, 0) is 37.5 Å². The minimum atomic E-state index is -0.322. The standard InChI is InChI=1S/C16H21N3OS/c1-3-18-15-19-13-7-8-16(17,10-14(13)21-15)11-5-4-6-12(9-11)20-2/h4-6,9H,3,7-8,10,17H2,1-2H3,(H,18,19). The Morgan fingerprint density at radius 3 is 3.10 bits per heavy atom. The summed E-state index contributed by atoms with van der Waals surface area (Å²) in [6.07, 6.45) is 2.70. The third-order valence-corrected chi connectivity index (χ3v) is 5.09. The fourth-order valence-corrected chi connectivity index (χ4v) is 4.04. The van der Waals surface area contributed by atoms with E-state index in [1.54, 1.807) is 18.4 Å². The molecule has 1 heterocycles. The van der Waals surface area contributed by atoms with Crippen molar-refractivity contribution in [2.75, 3.05) is 19.0 Å². The number of methoxy groups -OCH3 is 1. The topological polar surface area (TPSA) is 60.2 Å². The van der Waals surface area contributed by atoms with Crippen LogP contribution in [0.3, 0.4) is 0 Å². The lowest BCUT2D eigenvalue weighted by molar-refractivity contribution is 0.379. The molecule has 5 heteroatoms. The Balaban J connectivity index is 1.89. The molecule has 1 aliphatic rings. The number of nitrogens with two attached hydrogens (primary N) is 1. The minimum Gasteiger partial charge on any atom is -0.497 e. The van der Waals surface area contributed by atoms with Gasteiger partial charge in [0.2, 0.25) is 0 Å². The highest BCUT2D eigenvalue weighted by Gasteiger charge is 2.34. The van der Waals surface area contributed by atoms with Crippen LogP contribution in [-0.4, -0.2) is 18.6 Å². The van der Waals surface area contributed by atoms with E-state index in [1.165, 1.54) is 10.6 Å². The van der Waals surface area contributed by atoms with Crippen LogP contribution in [-0.2, 0) is 18.4 Å². The van der Waals surface area contributed by atoms with Crippen LogP contribution in [0.2, 0.25) is 0 Å². The molecular weight excluding hydrogens is 282 g/mol. The number of fused-ring (bicyclic) bond motifs is 1. The van der Waals surface area contributed by atoms with Crippen molar-refractivity contribution in [3.63, 3.8) is 0 Å². The number of aryl methyl sites for hydroxylation is 1. The van der Waals surface area contributed by atoms with Crippen molar-refractivity contribution in [3.8, 4) is 5.75 Å². The SMILES string of the molecule is CCNc1nc2c(s1)CC(N)(c1cccc(OC)c1)CC2. The van der Waals surface area contributed by atoms with E-state index in [0.29, 0.717) is 0 Å². The third kappa shape index (κ3) is 2.76. The number of aromatic nitrogens is 1. The second-order valence-corrected chi connectivity index (χ2v) is 6.57. The van der Waals surface area contributed by atoms with Crippen LogP contribution in [0.15, 0.2) is 24.3 Å². The molecule has 0 saturated heterocycles. The van der Waals surface area contributed by atoms with Crippen molar-refractivity contribution >= 4 is 16.5 Å². The molecule has 2 aromatic rings. The smallest absolute Gasteiger partial charge is 0.183 e. The monoisotopic (exact) mass is 303 g/mol. The van der Waals surface area contributed by atoms with E-state index in [9.17, 15) is 0 Å². The van der Waals surface area contributed by atoms with Gasteiger partial charge >= 0.3 is 0 Å². The first kappa shape index (κ1) is 14.4. The number of nitrogens with zero attached hydrogens (tertiary/aromatic N) is 1. The van der Waals surface area contributed by atoms with Crippen molar-refractivity contribution in [3.05, 3.63) is 40.4 Å². The first-order chi connectivity index (χ1) is 10.1. The number of hydrogen-bond acceptors (Lipinski definition) is 5. The number of hydrogen-bond donors (Lipinski definition) is 2. The minimum absolute atomic E-state index is 0.322. The average molecular weight is 303 g/mol. The number of ether oxygens (including phenoxy) is 1. The van der Waals surface area contributed by atoms with Crippen LogP contribution in [0.1, 0.15) is 29.5 Å². The van der Waals surface area contributed by atoms with E-state index in [2.05, 4.69) is 29.4 Å². The molecule has 1 aliphatic carbocycles. The fraction of sp³-hybridized carbons (Fsp3) is 0.438. The molecule has 21 heavy (non-hydrogen) atoms. The molecule has 0 bridgehead atoms. The molecule has 0 aliphatic heterocycles. The largest absolute Gasteiger partial charge is 0.497 e. The summed E-state index contributed by atoms with van der Waals surface area (Å²) in [6.45, 7) is 2.99. The maximum Gasteiger partial charge on any atom is 0.183 e. The van der Waals surface area contributed by atoms with Crippen LogP contribution >= 0.6 is 11.3 Å². The summed E-state index contributed by atoms with van der Waals surface area (Å²) >= 11 is 1.73. The molecule has 0 saturated carbocycles. The molecule has 1 aromatic heterocycles. The van der Waals surface area contributed by atoms with E-state index < -0.39 is 0 Å². The summed E-state index contributed by atoms with van der Waals surface area (Å²) in [5.74, 6) is 0.862. The Morgan fingerprint density at radius 1 is 1.48 bits per heavy atom. The van der Waals surface area contributed by atoms with Gasteiger partial charge < -0.3 is 15.8 Å². The van der Waals surface area contributed by atoms with E-state index in [0.717, 1.165) is 42.3 Å². The second-order valence-electron chi connectivity index (χ2n) is 5.48. The molecule has 3 N–H and O–H groups in total. The van der Waals surface area contributed by atoms with Crippen LogP contribution in [0, 0.1) is 0 Å². The Morgan fingerprint density at radius 2 is 2.33 bits per heavy atom. The predicted molar refractivity (Wildman–Crippen MR) is 87.2 cm³/mol. The molecule has 1 atom stereocenters. The number of rotatable bonds is 4. The summed E-state index contributed by atoms with van der Waals surface area (Å²) in [4.78, 5) is 5.97. The molecule has 3 rings (SSSR count). The Kier molecular flexibility index (Phi) is 3.87. The van der Waals surface area contributed by atoms with Crippen LogP contribution < -0.4 is 15.8 Å². The number of benzene rings is 1. The summed E-state index contributed by atoms with van der Waals surface area (Å²) in [5, 5.41) is 4.31. The predicted octanol–water partition coefficient (Wildman–Crippen LogP) is 2.93. The van der Waals surface area contributed by atoms with Gasteiger partial charge in [0.25, 0.3) is 0 Å². The van der Waals surface area contributed by atoms with E-state index in [4.69, 9.17) is 10.5 Å². The average Bonchev–Trinajstić information content (AvgIpc) is 2.89. The van der Waals surface area contributed by atoms with Crippen LogP contribution in [0.25, 0.3) is 0 Å². The summed E-state index contributed by atoms with van der Waals surface area (Å²) < 4.78 is 5.32. The quantitative estimate of drug-likeness (QED) is 0.911. The highest BCUT2D eigenvalue weighted by atomic mass is 32.1.